The Morgan fingerprint density at radius 2 is 1.92 bits per heavy atom. The minimum Gasteiger partial charge on any atom is -0.493 e. The maximum Gasteiger partial charge on any atom is 0.310 e. The zero-order valence-corrected chi connectivity index (χ0v) is 15.2. The molecule has 1 unspecified atom stereocenters. The van der Waals surface area contributed by atoms with Crippen molar-refractivity contribution in [2.45, 2.75) is 45.6 Å². The highest BCUT2D eigenvalue weighted by Gasteiger charge is 2.24. The van der Waals surface area contributed by atoms with Crippen LogP contribution in [0.4, 0.5) is 0 Å². The molecule has 7 nitrogen and oxygen atoms in total. The number of para-hydroxylation sites is 2. The number of ether oxygens (including phenoxy) is 3. The standard InChI is InChI=1S/C18H24N2O5/c1-12(16-19-17(20-25-16)18(2,3)4)24-15(21)10-11-23-14-9-7-6-8-13(14)22-5/h6-9,12H,10-11H2,1-5H3. The Hall–Kier alpha value is -2.57. The first-order valence-electron chi connectivity index (χ1n) is 8.10. The maximum absolute atomic E-state index is 12.0. The predicted molar refractivity (Wildman–Crippen MR) is 90.6 cm³/mol. The Balaban J connectivity index is 1.82. The van der Waals surface area contributed by atoms with Crippen LogP contribution in [0.1, 0.15) is 51.9 Å². The topological polar surface area (TPSA) is 83.7 Å². The molecule has 0 fully saturated rings. The van der Waals surface area contributed by atoms with Gasteiger partial charge in [-0.15, -0.1) is 0 Å². The average Bonchev–Trinajstić information content (AvgIpc) is 3.05. The van der Waals surface area contributed by atoms with E-state index in [0.29, 0.717) is 17.3 Å². The Kier molecular flexibility index (Phi) is 6.01. The largest absolute Gasteiger partial charge is 0.493 e. The summed E-state index contributed by atoms with van der Waals surface area (Å²) >= 11 is 0. The minimum absolute atomic E-state index is 0.0999. The summed E-state index contributed by atoms with van der Waals surface area (Å²) < 4.78 is 21.2. The summed E-state index contributed by atoms with van der Waals surface area (Å²) in [5, 5.41) is 3.92. The first-order valence-corrected chi connectivity index (χ1v) is 8.10. The highest BCUT2D eigenvalue weighted by atomic mass is 16.6. The van der Waals surface area contributed by atoms with Crippen molar-refractivity contribution in [2.75, 3.05) is 13.7 Å². The molecule has 0 spiro atoms. The fraction of sp³-hybridized carbons (Fsp3) is 0.500. The SMILES string of the molecule is COc1ccccc1OCCC(=O)OC(C)c1nc(C(C)(C)C)no1. The van der Waals surface area contributed by atoms with Gasteiger partial charge in [0.1, 0.15) is 0 Å². The van der Waals surface area contributed by atoms with Crippen molar-refractivity contribution in [3.05, 3.63) is 36.0 Å². The first-order chi connectivity index (χ1) is 11.8. The highest BCUT2D eigenvalue weighted by molar-refractivity contribution is 5.69. The molecule has 0 aliphatic heterocycles. The second-order valence-corrected chi connectivity index (χ2v) is 6.59. The Bertz CT molecular complexity index is 705. The Morgan fingerprint density at radius 3 is 2.52 bits per heavy atom. The average molecular weight is 348 g/mol. The molecule has 1 heterocycles. The molecule has 7 heteroatoms. The smallest absolute Gasteiger partial charge is 0.310 e. The third-order valence-electron chi connectivity index (χ3n) is 3.40. The molecule has 2 rings (SSSR count). The van der Waals surface area contributed by atoms with E-state index in [-0.39, 0.29) is 24.3 Å². The zero-order chi connectivity index (χ0) is 18.4. The van der Waals surface area contributed by atoms with E-state index in [0.717, 1.165) is 0 Å². The van der Waals surface area contributed by atoms with Gasteiger partial charge in [-0.3, -0.25) is 4.79 Å². The molecule has 136 valence electrons. The van der Waals surface area contributed by atoms with E-state index in [1.54, 1.807) is 26.2 Å². The van der Waals surface area contributed by atoms with Crippen molar-refractivity contribution in [1.82, 2.24) is 10.1 Å². The van der Waals surface area contributed by atoms with Gasteiger partial charge in [-0.1, -0.05) is 38.1 Å². The monoisotopic (exact) mass is 348 g/mol. The lowest BCUT2D eigenvalue weighted by atomic mass is 9.96. The van der Waals surface area contributed by atoms with Crippen molar-refractivity contribution in [3.63, 3.8) is 0 Å². The van der Waals surface area contributed by atoms with Crippen LogP contribution < -0.4 is 9.47 Å². The molecule has 0 saturated carbocycles. The van der Waals surface area contributed by atoms with Gasteiger partial charge in [-0.2, -0.15) is 4.98 Å². The molecular weight excluding hydrogens is 324 g/mol. The highest BCUT2D eigenvalue weighted by Crippen LogP contribution is 2.26. The summed E-state index contributed by atoms with van der Waals surface area (Å²) in [6.07, 6.45) is -0.509. The second kappa shape index (κ2) is 8.00. The summed E-state index contributed by atoms with van der Waals surface area (Å²) in [5.74, 6) is 1.65. The lowest BCUT2D eigenvalue weighted by Crippen LogP contribution is -2.15. The molecule has 0 radical (unpaired) electrons. The van der Waals surface area contributed by atoms with Crippen molar-refractivity contribution < 1.29 is 23.5 Å². The molecule has 0 amide bonds. The van der Waals surface area contributed by atoms with Gasteiger partial charge in [-0.05, 0) is 19.1 Å². The van der Waals surface area contributed by atoms with Gasteiger partial charge in [-0.25, -0.2) is 0 Å². The molecule has 0 bridgehead atoms. The van der Waals surface area contributed by atoms with E-state index in [1.807, 2.05) is 32.9 Å². The number of carbonyl (C=O) groups is 1. The maximum atomic E-state index is 12.0. The third-order valence-corrected chi connectivity index (χ3v) is 3.40. The molecule has 1 aromatic carbocycles. The third kappa shape index (κ3) is 5.20. The summed E-state index contributed by atoms with van der Waals surface area (Å²) in [4.78, 5) is 16.2. The number of hydrogen-bond acceptors (Lipinski definition) is 7. The first kappa shape index (κ1) is 18.8. The summed E-state index contributed by atoms with van der Waals surface area (Å²) in [6.45, 7) is 7.82. The number of hydrogen-bond donors (Lipinski definition) is 0. The van der Waals surface area contributed by atoms with E-state index < -0.39 is 12.1 Å². The molecule has 0 aliphatic carbocycles. The van der Waals surface area contributed by atoms with Crippen LogP contribution in [-0.2, 0) is 14.9 Å². The Morgan fingerprint density at radius 1 is 1.24 bits per heavy atom. The van der Waals surface area contributed by atoms with Crippen molar-refractivity contribution in [1.29, 1.82) is 0 Å². The van der Waals surface area contributed by atoms with Crippen molar-refractivity contribution in [2.24, 2.45) is 0 Å². The number of benzene rings is 1. The second-order valence-electron chi connectivity index (χ2n) is 6.59. The van der Waals surface area contributed by atoms with Crippen LogP contribution in [0.25, 0.3) is 0 Å². The molecule has 0 saturated heterocycles. The van der Waals surface area contributed by atoms with Crippen LogP contribution in [0.5, 0.6) is 11.5 Å². The molecule has 0 aliphatic rings. The van der Waals surface area contributed by atoms with Gasteiger partial charge in [0.25, 0.3) is 5.89 Å². The minimum atomic E-state index is -0.609. The number of esters is 1. The fourth-order valence-corrected chi connectivity index (χ4v) is 1.99. The van der Waals surface area contributed by atoms with Crippen LogP contribution in [-0.4, -0.2) is 29.8 Å². The zero-order valence-electron chi connectivity index (χ0n) is 15.2. The van der Waals surface area contributed by atoms with Gasteiger partial charge in [0.05, 0.1) is 20.1 Å². The number of nitrogens with zero attached hydrogens (tertiary/aromatic N) is 2. The van der Waals surface area contributed by atoms with Crippen LogP contribution in [0, 0.1) is 0 Å². The van der Waals surface area contributed by atoms with E-state index in [9.17, 15) is 4.79 Å². The lowest BCUT2D eigenvalue weighted by Gasteiger charge is -2.12. The Labute approximate surface area is 147 Å². The van der Waals surface area contributed by atoms with E-state index in [1.165, 1.54) is 0 Å². The number of aromatic nitrogens is 2. The summed E-state index contributed by atoms with van der Waals surface area (Å²) in [7, 11) is 1.56. The van der Waals surface area contributed by atoms with Gasteiger partial charge in [0, 0.05) is 5.41 Å². The molecule has 1 aromatic heterocycles. The van der Waals surface area contributed by atoms with E-state index in [4.69, 9.17) is 18.7 Å². The fourth-order valence-electron chi connectivity index (χ4n) is 1.99. The van der Waals surface area contributed by atoms with Gasteiger partial charge >= 0.3 is 5.97 Å². The molecular formula is C18H24N2O5. The van der Waals surface area contributed by atoms with Gasteiger partial charge in [0.2, 0.25) is 0 Å². The molecule has 1 atom stereocenters. The molecule has 25 heavy (non-hydrogen) atoms. The van der Waals surface area contributed by atoms with Crippen molar-refractivity contribution in [3.8, 4) is 11.5 Å². The van der Waals surface area contributed by atoms with Crippen LogP contribution in [0.2, 0.25) is 0 Å². The predicted octanol–water partition coefficient (Wildman–Crippen LogP) is 3.45. The van der Waals surface area contributed by atoms with Gasteiger partial charge < -0.3 is 18.7 Å². The summed E-state index contributed by atoms with van der Waals surface area (Å²) in [5.41, 5.74) is -0.228. The number of methoxy groups -OCH3 is 1. The normalized spacial score (nSPS) is 12.5. The summed E-state index contributed by atoms with van der Waals surface area (Å²) in [6, 6.07) is 7.25. The quantitative estimate of drug-likeness (QED) is 0.709. The van der Waals surface area contributed by atoms with Crippen LogP contribution >= 0.6 is 0 Å². The van der Waals surface area contributed by atoms with E-state index >= 15 is 0 Å². The number of carbonyl (C=O) groups excluding carboxylic acids is 1. The number of rotatable bonds is 7. The molecule has 2 aromatic rings. The lowest BCUT2D eigenvalue weighted by molar-refractivity contribution is -0.150. The van der Waals surface area contributed by atoms with Crippen LogP contribution in [0.15, 0.2) is 28.8 Å². The van der Waals surface area contributed by atoms with Crippen LogP contribution in [0.3, 0.4) is 0 Å². The molecule has 0 N–H and O–H groups in total. The van der Waals surface area contributed by atoms with Gasteiger partial charge in [0.15, 0.2) is 23.4 Å². The van der Waals surface area contributed by atoms with Crippen molar-refractivity contribution >= 4 is 5.97 Å². The van der Waals surface area contributed by atoms with E-state index in [2.05, 4.69) is 10.1 Å².